The van der Waals surface area contributed by atoms with Gasteiger partial charge in [-0.3, -0.25) is 4.72 Å². The van der Waals surface area contributed by atoms with Gasteiger partial charge in [0.25, 0.3) is 10.0 Å². The molecule has 0 saturated heterocycles. The maximum absolute atomic E-state index is 13.2. The lowest BCUT2D eigenvalue weighted by molar-refractivity contribution is 0.600. The maximum Gasteiger partial charge on any atom is 0.262 e. The number of hydrogen-bond donors (Lipinski definition) is 2. The second-order valence-corrected chi connectivity index (χ2v) is 6.08. The first kappa shape index (κ1) is 14.8. The van der Waals surface area contributed by atoms with Gasteiger partial charge >= 0.3 is 0 Å². The van der Waals surface area contributed by atoms with Crippen molar-refractivity contribution in [1.29, 1.82) is 5.26 Å². The van der Waals surface area contributed by atoms with Crippen LogP contribution in [0.5, 0.6) is 0 Å². The lowest BCUT2D eigenvalue weighted by Crippen LogP contribution is -2.15. The first-order chi connectivity index (χ1) is 9.83. The van der Waals surface area contributed by atoms with Crippen LogP contribution >= 0.6 is 0 Å². The zero-order valence-corrected chi connectivity index (χ0v) is 11.9. The molecule has 0 atom stereocenters. The fraction of sp³-hybridized carbons (Fsp3) is 0.0714. The molecule has 108 valence electrons. The van der Waals surface area contributed by atoms with E-state index in [1.807, 2.05) is 6.07 Å². The largest absolute Gasteiger partial charge is 0.397 e. The first-order valence-corrected chi connectivity index (χ1v) is 7.40. The summed E-state index contributed by atoms with van der Waals surface area (Å²) in [6.07, 6.45) is 0. The Hall–Kier alpha value is -2.59. The summed E-state index contributed by atoms with van der Waals surface area (Å²) in [5, 5.41) is 8.85. The monoisotopic (exact) mass is 305 g/mol. The molecule has 0 fully saturated rings. The van der Waals surface area contributed by atoms with Crippen LogP contribution in [-0.2, 0) is 10.0 Å². The zero-order chi connectivity index (χ0) is 15.6. The number of nitrogens with two attached hydrogens (primary N) is 1. The van der Waals surface area contributed by atoms with Crippen LogP contribution in [0.15, 0.2) is 41.3 Å². The molecule has 21 heavy (non-hydrogen) atoms. The van der Waals surface area contributed by atoms with Gasteiger partial charge in [-0.15, -0.1) is 0 Å². The summed E-state index contributed by atoms with van der Waals surface area (Å²) in [6.45, 7) is 1.60. The van der Waals surface area contributed by atoms with Gasteiger partial charge in [-0.25, -0.2) is 12.8 Å². The van der Waals surface area contributed by atoms with E-state index in [1.54, 1.807) is 6.92 Å². The molecule has 0 aromatic heterocycles. The average Bonchev–Trinajstić information content (AvgIpc) is 2.43. The van der Waals surface area contributed by atoms with Crippen molar-refractivity contribution >= 4 is 21.4 Å². The number of nitrogens with one attached hydrogen (secondary N) is 1. The highest BCUT2D eigenvalue weighted by atomic mass is 32.2. The third kappa shape index (κ3) is 3.12. The van der Waals surface area contributed by atoms with Gasteiger partial charge in [0.05, 0.1) is 27.9 Å². The number of nitrogen functional groups attached to an aromatic ring is 1. The number of sulfonamides is 1. The molecule has 2 aromatic rings. The highest BCUT2D eigenvalue weighted by molar-refractivity contribution is 7.92. The predicted molar refractivity (Wildman–Crippen MR) is 77.5 cm³/mol. The molecule has 3 N–H and O–H groups in total. The van der Waals surface area contributed by atoms with Crippen LogP contribution in [-0.4, -0.2) is 8.42 Å². The third-order valence-corrected chi connectivity index (χ3v) is 4.37. The van der Waals surface area contributed by atoms with Crippen molar-refractivity contribution in [2.45, 2.75) is 11.8 Å². The van der Waals surface area contributed by atoms with Gasteiger partial charge in [0.15, 0.2) is 0 Å². The number of nitrogens with zero attached hydrogens (tertiary/aromatic N) is 1. The fourth-order valence-corrected chi connectivity index (χ4v) is 3.13. The number of nitriles is 1. The Balaban J connectivity index is 2.48. The molecule has 0 aliphatic rings. The normalized spacial score (nSPS) is 10.9. The van der Waals surface area contributed by atoms with E-state index in [4.69, 9.17) is 11.0 Å². The van der Waals surface area contributed by atoms with Crippen molar-refractivity contribution in [3.8, 4) is 6.07 Å². The third-order valence-electron chi connectivity index (χ3n) is 2.87. The number of halogens is 1. The standard InChI is InChI=1S/C14H12FN3O2S/c1-9-2-3-10(8-16)6-14(9)21(19,20)18-13-7-11(15)4-5-12(13)17/h2-7,18H,17H2,1H3. The number of hydrogen-bond acceptors (Lipinski definition) is 4. The van der Waals surface area contributed by atoms with Crippen LogP contribution in [0.1, 0.15) is 11.1 Å². The van der Waals surface area contributed by atoms with E-state index in [2.05, 4.69) is 4.72 Å². The summed E-state index contributed by atoms with van der Waals surface area (Å²) in [4.78, 5) is -0.0507. The lowest BCUT2D eigenvalue weighted by atomic mass is 10.2. The summed E-state index contributed by atoms with van der Waals surface area (Å²) in [6, 6.07) is 9.58. The first-order valence-electron chi connectivity index (χ1n) is 5.92. The summed E-state index contributed by atoms with van der Waals surface area (Å²) < 4.78 is 40.1. The molecule has 5 nitrogen and oxygen atoms in total. The molecule has 0 saturated carbocycles. The molecule has 0 bridgehead atoms. The number of anilines is 2. The van der Waals surface area contributed by atoms with Crippen molar-refractivity contribution in [2.75, 3.05) is 10.5 Å². The molecule has 2 aromatic carbocycles. The maximum atomic E-state index is 13.2. The van der Waals surface area contributed by atoms with Crippen LogP contribution in [0.2, 0.25) is 0 Å². The van der Waals surface area contributed by atoms with Crippen LogP contribution in [0.25, 0.3) is 0 Å². The predicted octanol–water partition coefficient (Wildman–Crippen LogP) is 2.39. The Bertz CT molecular complexity index is 842. The quantitative estimate of drug-likeness (QED) is 0.851. The van der Waals surface area contributed by atoms with E-state index >= 15 is 0 Å². The lowest BCUT2D eigenvalue weighted by Gasteiger charge is -2.12. The molecule has 0 amide bonds. The Morgan fingerprint density at radius 2 is 1.95 bits per heavy atom. The van der Waals surface area contributed by atoms with Crippen molar-refractivity contribution in [3.05, 3.63) is 53.3 Å². The summed E-state index contributed by atoms with van der Waals surface area (Å²) in [5.74, 6) is -0.607. The average molecular weight is 305 g/mol. The van der Waals surface area contributed by atoms with Crippen molar-refractivity contribution in [3.63, 3.8) is 0 Å². The van der Waals surface area contributed by atoms with Gasteiger partial charge in [0.2, 0.25) is 0 Å². The molecule has 0 heterocycles. The van der Waals surface area contributed by atoms with E-state index in [0.717, 1.165) is 12.1 Å². The van der Waals surface area contributed by atoms with Crippen LogP contribution in [0.4, 0.5) is 15.8 Å². The van der Waals surface area contributed by atoms with Crippen LogP contribution < -0.4 is 10.5 Å². The zero-order valence-electron chi connectivity index (χ0n) is 11.1. The number of aryl methyl sites for hydroxylation is 1. The minimum absolute atomic E-state index is 0.0447. The second kappa shape index (κ2) is 5.42. The van der Waals surface area contributed by atoms with Gasteiger partial charge in [-0.05, 0) is 36.8 Å². The van der Waals surface area contributed by atoms with Gasteiger partial charge in [0, 0.05) is 6.07 Å². The van der Waals surface area contributed by atoms with Gasteiger partial charge in [0.1, 0.15) is 5.82 Å². The molecule has 0 unspecified atom stereocenters. The Morgan fingerprint density at radius 1 is 1.24 bits per heavy atom. The SMILES string of the molecule is Cc1ccc(C#N)cc1S(=O)(=O)Nc1cc(F)ccc1N. The Morgan fingerprint density at radius 3 is 2.62 bits per heavy atom. The van der Waals surface area contributed by atoms with Gasteiger partial charge < -0.3 is 5.73 Å². The summed E-state index contributed by atoms with van der Waals surface area (Å²) >= 11 is 0. The fourth-order valence-electron chi connectivity index (χ4n) is 1.78. The van der Waals surface area contributed by atoms with Crippen molar-refractivity contribution in [2.24, 2.45) is 0 Å². The summed E-state index contributed by atoms with van der Waals surface area (Å²) in [5.41, 5.74) is 6.37. The van der Waals surface area contributed by atoms with E-state index in [1.165, 1.54) is 24.3 Å². The van der Waals surface area contributed by atoms with E-state index in [9.17, 15) is 12.8 Å². The molecule has 7 heteroatoms. The van der Waals surface area contributed by atoms with Gasteiger partial charge in [-0.2, -0.15) is 5.26 Å². The van der Waals surface area contributed by atoms with E-state index < -0.39 is 15.8 Å². The van der Waals surface area contributed by atoms with Crippen LogP contribution in [0.3, 0.4) is 0 Å². The number of benzene rings is 2. The Kier molecular flexibility index (Phi) is 3.82. The second-order valence-electron chi connectivity index (χ2n) is 4.43. The topological polar surface area (TPSA) is 96.0 Å². The Labute approximate surface area is 121 Å². The highest BCUT2D eigenvalue weighted by Gasteiger charge is 2.19. The molecule has 0 radical (unpaired) electrons. The molecular formula is C14H12FN3O2S. The highest BCUT2D eigenvalue weighted by Crippen LogP contribution is 2.25. The molecule has 0 aliphatic heterocycles. The molecule has 0 spiro atoms. The minimum atomic E-state index is -3.96. The van der Waals surface area contributed by atoms with Crippen LogP contribution in [0, 0.1) is 24.1 Å². The van der Waals surface area contributed by atoms with E-state index in [-0.39, 0.29) is 21.8 Å². The minimum Gasteiger partial charge on any atom is -0.397 e. The van der Waals surface area contributed by atoms with Crippen molar-refractivity contribution < 1.29 is 12.8 Å². The van der Waals surface area contributed by atoms with E-state index in [0.29, 0.717) is 5.56 Å². The molecule has 2 rings (SSSR count). The van der Waals surface area contributed by atoms with Crippen molar-refractivity contribution in [1.82, 2.24) is 0 Å². The number of rotatable bonds is 3. The molecular weight excluding hydrogens is 293 g/mol. The molecule has 0 aliphatic carbocycles. The summed E-state index contributed by atoms with van der Waals surface area (Å²) in [7, 11) is -3.96. The van der Waals surface area contributed by atoms with Gasteiger partial charge in [-0.1, -0.05) is 6.07 Å². The smallest absolute Gasteiger partial charge is 0.262 e.